The van der Waals surface area contributed by atoms with Gasteiger partial charge in [-0.25, -0.2) is 14.4 Å². The van der Waals surface area contributed by atoms with Gasteiger partial charge in [0.1, 0.15) is 11.5 Å². The van der Waals surface area contributed by atoms with E-state index in [9.17, 15) is 53.4 Å². The van der Waals surface area contributed by atoms with Crippen LogP contribution in [0.2, 0.25) is 0 Å². The van der Waals surface area contributed by atoms with E-state index in [4.69, 9.17) is 50.3 Å². The van der Waals surface area contributed by atoms with E-state index >= 15 is 0 Å². The molecule has 96 heavy (non-hydrogen) atoms. The summed E-state index contributed by atoms with van der Waals surface area (Å²) in [5.41, 5.74) is 9.10. The van der Waals surface area contributed by atoms with Crippen molar-refractivity contribution >= 4 is 83.5 Å². The van der Waals surface area contributed by atoms with Gasteiger partial charge in [-0.1, -0.05) is 72.8 Å². The van der Waals surface area contributed by atoms with Crippen LogP contribution in [0.3, 0.4) is 0 Å². The summed E-state index contributed by atoms with van der Waals surface area (Å²) >= 11 is 0. The molecule has 0 atom stereocenters. The molecule has 0 aliphatic heterocycles. The van der Waals surface area contributed by atoms with Crippen LogP contribution in [-0.4, -0.2) is 131 Å². The molecule has 518 valence electrons. The van der Waals surface area contributed by atoms with Crippen molar-refractivity contribution in [1.29, 1.82) is 0 Å². The van der Waals surface area contributed by atoms with Crippen molar-refractivity contribution in [3.05, 3.63) is 199 Å². The average molecular weight is 1340 g/mol. The van der Waals surface area contributed by atoms with Gasteiger partial charge in [0.2, 0.25) is 0 Å². The maximum Gasteiger partial charge on any atom is 0.516 e. The van der Waals surface area contributed by atoms with E-state index < -0.39 is 18.1 Å². The molecule has 0 amide bonds. The standard InChI is InChI=1S/C16H20O5.C15H18O5.C15H18O4.C14H16O6.C12H14O4/c1-2-21-16(20)8-7-15(19)6-4-12-3-5-13(10-17)14(9-12)11-18;1-2-20-15(19)8-6-13(17)5-3-11-4-7-14(18)12(9-11)10-16;1-11(18)2-6-15(19)7-4-12-3-5-13(9-16)14(8-12)10-17;1-2-19-14(18)20-13(17)6-4-10-3-5-11(8-15)12(7-10)9-16;1-16-12(15)5-3-9-2-4-10(7-13)11(6-9)8-14/h3-6,9,17-18H,2,7-8,10-11H2,1H3;3-5,7,9,16,18H,2,6,8,10H2,1H3;3-5,7-8,16-17H,2,6,9-10H2,1H3;3-7,15-16H,2,8-9H2,1H3;2-6,13-14H,7-8H2,1H3/b6-4+;5-3+;7-4+;6-4+;5-3+. The summed E-state index contributed by atoms with van der Waals surface area (Å²) in [6.07, 6.45) is 14.2. The quantitative estimate of drug-likeness (QED) is 0.00902. The molecule has 24 nitrogen and oxygen atoms in total. The molecule has 0 aromatic heterocycles. The summed E-state index contributed by atoms with van der Waals surface area (Å²) in [6.45, 7) is 5.70. The fourth-order valence-electron chi connectivity index (χ4n) is 7.73. The number of Topliss-reactive ketones (excluding diaryl/α,β-unsaturated/α-hetero) is 1. The Kier molecular flexibility index (Phi) is 43.7. The third kappa shape index (κ3) is 35.5. The number of esters is 4. The van der Waals surface area contributed by atoms with Crippen molar-refractivity contribution in [3.8, 4) is 5.75 Å². The van der Waals surface area contributed by atoms with E-state index in [1.54, 1.807) is 130 Å². The first kappa shape index (κ1) is 84.3. The van der Waals surface area contributed by atoms with Gasteiger partial charge in [-0.15, -0.1) is 0 Å². The lowest BCUT2D eigenvalue weighted by Crippen LogP contribution is -2.11. The van der Waals surface area contributed by atoms with E-state index in [-0.39, 0.29) is 145 Å². The first-order chi connectivity index (χ1) is 46.0. The lowest BCUT2D eigenvalue weighted by atomic mass is 10.0. The highest BCUT2D eigenvalue weighted by molar-refractivity contribution is 5.97. The number of hydrogen-bond donors (Lipinski definition) is 10. The molecular formula is C72H86O24. The third-order valence-electron chi connectivity index (χ3n) is 12.9. The van der Waals surface area contributed by atoms with Gasteiger partial charge in [-0.05, 0) is 167 Å². The van der Waals surface area contributed by atoms with E-state index in [1.807, 2.05) is 0 Å². The summed E-state index contributed by atoms with van der Waals surface area (Å²) in [4.78, 5) is 101. The van der Waals surface area contributed by atoms with E-state index in [1.165, 1.54) is 50.5 Å². The molecular weight excluding hydrogens is 1250 g/mol. The van der Waals surface area contributed by atoms with Crippen LogP contribution < -0.4 is 0 Å². The molecule has 0 aliphatic rings. The van der Waals surface area contributed by atoms with Crippen LogP contribution in [0.1, 0.15) is 144 Å². The molecule has 0 heterocycles. The van der Waals surface area contributed by atoms with E-state index in [0.29, 0.717) is 74.4 Å². The number of rotatable bonds is 31. The maximum absolute atomic E-state index is 11.6. The number of aromatic hydroxyl groups is 1. The van der Waals surface area contributed by atoms with E-state index in [2.05, 4.69) is 14.2 Å². The van der Waals surface area contributed by atoms with Crippen LogP contribution in [0.15, 0.2) is 121 Å². The van der Waals surface area contributed by atoms with Crippen molar-refractivity contribution in [2.45, 2.75) is 126 Å². The zero-order valence-corrected chi connectivity index (χ0v) is 54.3. The summed E-state index contributed by atoms with van der Waals surface area (Å²) < 4.78 is 22.7. The smallest absolute Gasteiger partial charge is 0.508 e. The van der Waals surface area contributed by atoms with Crippen LogP contribution >= 0.6 is 0 Å². The molecule has 0 saturated heterocycles. The third-order valence-corrected chi connectivity index (χ3v) is 12.9. The first-order valence-corrected chi connectivity index (χ1v) is 30.1. The highest BCUT2D eigenvalue weighted by Gasteiger charge is 2.11. The van der Waals surface area contributed by atoms with Crippen molar-refractivity contribution < 1.29 is 118 Å². The predicted octanol–water partition coefficient (Wildman–Crippen LogP) is 7.27. The normalized spacial score (nSPS) is 10.7. The van der Waals surface area contributed by atoms with Crippen molar-refractivity contribution in [2.24, 2.45) is 0 Å². The second-order valence-electron chi connectivity index (χ2n) is 19.9. The van der Waals surface area contributed by atoms with Crippen LogP contribution in [0.5, 0.6) is 5.75 Å². The number of aliphatic hydroxyl groups excluding tert-OH is 9. The zero-order valence-electron chi connectivity index (χ0n) is 54.3. The number of ketones is 4. The largest absolute Gasteiger partial charge is 0.516 e. The predicted molar refractivity (Wildman–Crippen MR) is 354 cm³/mol. The monoisotopic (exact) mass is 1330 g/mol. The second-order valence-corrected chi connectivity index (χ2v) is 19.9. The molecule has 5 rings (SSSR count). The number of benzene rings is 5. The number of phenols is 1. The van der Waals surface area contributed by atoms with Gasteiger partial charge in [0.05, 0.1) is 99.2 Å². The summed E-state index contributed by atoms with van der Waals surface area (Å²) in [5.74, 6) is -2.49. The Morgan fingerprint density at radius 1 is 0.344 bits per heavy atom. The molecule has 0 spiro atoms. The molecule has 0 aliphatic carbocycles. The van der Waals surface area contributed by atoms with Crippen molar-refractivity contribution in [3.63, 3.8) is 0 Å². The maximum atomic E-state index is 11.6. The fourth-order valence-corrected chi connectivity index (χ4v) is 7.73. The number of carbonyl (C=O) groups is 9. The van der Waals surface area contributed by atoms with Gasteiger partial charge in [0.15, 0.2) is 17.3 Å². The zero-order chi connectivity index (χ0) is 71.8. The van der Waals surface area contributed by atoms with Gasteiger partial charge in [0.25, 0.3) is 0 Å². The fraction of sp³-hybridized carbons (Fsp3) is 0.319. The van der Waals surface area contributed by atoms with E-state index in [0.717, 1.165) is 22.8 Å². The molecule has 0 radical (unpaired) electrons. The Morgan fingerprint density at radius 3 is 0.917 bits per heavy atom. The second kappa shape index (κ2) is 49.8. The van der Waals surface area contributed by atoms with Crippen LogP contribution in [0.25, 0.3) is 30.4 Å². The minimum atomic E-state index is -1.05. The minimum Gasteiger partial charge on any atom is -0.508 e. The Labute approximate surface area is 557 Å². The molecule has 0 bridgehead atoms. The number of hydrogen-bond acceptors (Lipinski definition) is 24. The highest BCUT2D eigenvalue weighted by Crippen LogP contribution is 2.21. The molecule has 0 unspecified atom stereocenters. The van der Waals surface area contributed by atoms with Gasteiger partial charge in [-0.3, -0.25) is 24.0 Å². The number of methoxy groups -OCH3 is 1. The van der Waals surface area contributed by atoms with Gasteiger partial charge < -0.3 is 79.5 Å². The lowest BCUT2D eigenvalue weighted by Gasteiger charge is -2.05. The van der Waals surface area contributed by atoms with Gasteiger partial charge >= 0.3 is 30.0 Å². The van der Waals surface area contributed by atoms with Gasteiger partial charge in [0, 0.05) is 43.4 Å². The molecule has 0 saturated carbocycles. The number of aliphatic hydroxyl groups is 9. The Balaban J connectivity index is 0.000000601. The number of carbonyl (C=O) groups excluding carboxylic acids is 9. The first-order valence-electron chi connectivity index (χ1n) is 30.1. The number of ether oxygens (including phenoxy) is 5. The number of allylic oxidation sites excluding steroid dienone is 3. The van der Waals surface area contributed by atoms with Crippen LogP contribution in [-0.2, 0) is 122 Å². The molecule has 0 fully saturated rings. The molecule has 24 heteroatoms. The Bertz CT molecular complexity index is 3460. The van der Waals surface area contributed by atoms with Crippen molar-refractivity contribution in [2.75, 3.05) is 26.9 Å². The average Bonchev–Trinajstić information content (AvgIpc) is 1.05. The SMILES string of the molecule is CC(=O)CCC(=O)/C=C/c1ccc(CO)c(CO)c1.CCOC(=O)CCC(=O)/C=C/c1ccc(CO)c(CO)c1.CCOC(=O)CCC(=O)/C=C/c1ccc(O)c(CO)c1.CCOC(=O)OC(=O)/C=C/c1ccc(CO)c(CO)c1.COC(=O)/C=C/c1ccc(CO)c(CO)c1. The highest BCUT2D eigenvalue weighted by atomic mass is 16.7. The van der Waals surface area contributed by atoms with Crippen LogP contribution in [0.4, 0.5) is 4.79 Å². The molecule has 5 aromatic rings. The molecule has 10 N–H and O–H groups in total. The lowest BCUT2D eigenvalue weighted by molar-refractivity contribution is -0.144. The van der Waals surface area contributed by atoms with Crippen LogP contribution in [0, 0.1) is 0 Å². The molecule has 5 aromatic carbocycles. The Morgan fingerprint density at radius 2 is 0.625 bits per heavy atom. The van der Waals surface area contributed by atoms with Crippen molar-refractivity contribution in [1.82, 2.24) is 0 Å². The topological polar surface area (TPSA) is 402 Å². The summed E-state index contributed by atoms with van der Waals surface area (Å²) in [5, 5.41) is 91.2. The summed E-state index contributed by atoms with van der Waals surface area (Å²) in [6, 6.07) is 25.1. The van der Waals surface area contributed by atoms with Gasteiger partial charge in [-0.2, -0.15) is 0 Å². The summed E-state index contributed by atoms with van der Waals surface area (Å²) in [7, 11) is 1.31. The Hall–Kier alpha value is -9.73. The minimum absolute atomic E-state index is 0.00313.